The lowest BCUT2D eigenvalue weighted by Crippen LogP contribution is -2.52. The van der Waals surface area contributed by atoms with Gasteiger partial charge in [0.25, 0.3) is 0 Å². The Labute approximate surface area is 180 Å². The van der Waals surface area contributed by atoms with Crippen LogP contribution in [0.2, 0.25) is 0 Å². The maximum Gasteiger partial charge on any atom is 0.245 e. The number of aromatic nitrogens is 5. The number of carbonyl (C=O) groups excluding carboxylic acids is 1. The first kappa shape index (κ1) is 18.6. The van der Waals surface area contributed by atoms with Crippen molar-refractivity contribution in [3.8, 4) is 0 Å². The summed E-state index contributed by atoms with van der Waals surface area (Å²) in [7, 11) is 0. The standard InChI is InChI=1S/C21H27N9O/c31-19(28-11-7-22-8-12-28)16-3-1-9-29(16)21-24-18-4-2-10-30(18)20(25-21)23-17-13-15(26-27-17)14-5-6-14/h2,4,10,13-14,16,22H,1,3,5-9,11-12H2,(H2,23,24,25,26,27)/t16-/m0/s1. The van der Waals surface area contributed by atoms with E-state index in [2.05, 4.69) is 31.8 Å². The molecule has 5 heterocycles. The lowest BCUT2D eigenvalue weighted by Gasteiger charge is -2.33. The Kier molecular flexibility index (Phi) is 4.52. The van der Waals surface area contributed by atoms with E-state index >= 15 is 0 Å². The second-order valence-electron chi connectivity index (χ2n) is 8.62. The molecule has 1 amide bonds. The molecule has 10 nitrogen and oxygen atoms in total. The number of hydrogen-bond acceptors (Lipinski definition) is 7. The Bertz CT molecular complexity index is 1100. The number of amides is 1. The van der Waals surface area contributed by atoms with Gasteiger partial charge in [0, 0.05) is 56.6 Å². The Morgan fingerprint density at radius 3 is 2.84 bits per heavy atom. The van der Waals surface area contributed by atoms with Crippen LogP contribution in [0, 0.1) is 0 Å². The van der Waals surface area contributed by atoms with Crippen LogP contribution in [0.5, 0.6) is 0 Å². The van der Waals surface area contributed by atoms with Crippen molar-refractivity contribution in [1.82, 2.24) is 34.8 Å². The van der Waals surface area contributed by atoms with Gasteiger partial charge in [-0.2, -0.15) is 15.1 Å². The zero-order valence-corrected chi connectivity index (χ0v) is 17.4. The molecule has 3 fully saturated rings. The van der Waals surface area contributed by atoms with Gasteiger partial charge in [0.1, 0.15) is 11.7 Å². The summed E-state index contributed by atoms with van der Waals surface area (Å²) in [4.78, 5) is 26.8. The Balaban J connectivity index is 1.30. The third kappa shape index (κ3) is 3.50. The van der Waals surface area contributed by atoms with E-state index in [1.165, 1.54) is 18.5 Å². The molecule has 0 radical (unpaired) electrons. The van der Waals surface area contributed by atoms with Crippen molar-refractivity contribution in [2.75, 3.05) is 42.9 Å². The van der Waals surface area contributed by atoms with E-state index in [-0.39, 0.29) is 11.9 Å². The monoisotopic (exact) mass is 421 g/mol. The minimum Gasteiger partial charge on any atom is -0.338 e. The molecule has 0 spiro atoms. The van der Waals surface area contributed by atoms with E-state index in [0.717, 1.165) is 57.0 Å². The number of nitrogens with zero attached hydrogens (tertiary/aromatic N) is 6. The Hall–Kier alpha value is -3.14. The van der Waals surface area contributed by atoms with Gasteiger partial charge in [-0.1, -0.05) is 0 Å². The summed E-state index contributed by atoms with van der Waals surface area (Å²) >= 11 is 0. The van der Waals surface area contributed by atoms with Gasteiger partial charge >= 0.3 is 0 Å². The molecule has 162 valence electrons. The second kappa shape index (κ2) is 7.52. The van der Waals surface area contributed by atoms with Crippen LogP contribution in [-0.4, -0.2) is 74.1 Å². The maximum atomic E-state index is 13.2. The van der Waals surface area contributed by atoms with Crippen molar-refractivity contribution in [2.45, 2.75) is 37.6 Å². The van der Waals surface area contributed by atoms with Crippen LogP contribution in [0.1, 0.15) is 37.3 Å². The van der Waals surface area contributed by atoms with E-state index in [0.29, 0.717) is 17.8 Å². The second-order valence-corrected chi connectivity index (χ2v) is 8.62. The zero-order valence-electron chi connectivity index (χ0n) is 17.4. The van der Waals surface area contributed by atoms with Gasteiger partial charge in [0.05, 0.1) is 0 Å². The summed E-state index contributed by atoms with van der Waals surface area (Å²) in [6, 6.07) is 5.77. The molecule has 0 aromatic carbocycles. The molecule has 31 heavy (non-hydrogen) atoms. The van der Waals surface area contributed by atoms with Crippen LogP contribution in [0.25, 0.3) is 5.65 Å². The fourth-order valence-corrected chi connectivity index (χ4v) is 4.61. The largest absolute Gasteiger partial charge is 0.338 e. The summed E-state index contributed by atoms with van der Waals surface area (Å²) in [6.45, 7) is 4.01. The molecule has 6 rings (SSSR count). The minimum atomic E-state index is -0.199. The van der Waals surface area contributed by atoms with Gasteiger partial charge in [0.2, 0.25) is 17.8 Å². The van der Waals surface area contributed by atoms with Crippen molar-refractivity contribution in [2.24, 2.45) is 0 Å². The summed E-state index contributed by atoms with van der Waals surface area (Å²) in [5.41, 5.74) is 1.97. The van der Waals surface area contributed by atoms with Crippen molar-refractivity contribution in [3.63, 3.8) is 0 Å². The number of rotatable bonds is 5. The summed E-state index contributed by atoms with van der Waals surface area (Å²) in [5, 5.41) is 14.2. The van der Waals surface area contributed by atoms with E-state index in [9.17, 15) is 4.79 Å². The Morgan fingerprint density at radius 2 is 2.00 bits per heavy atom. The highest BCUT2D eigenvalue weighted by Gasteiger charge is 2.36. The van der Waals surface area contributed by atoms with Crippen molar-refractivity contribution < 1.29 is 4.79 Å². The smallest absolute Gasteiger partial charge is 0.245 e. The molecular weight excluding hydrogens is 394 g/mol. The topological polar surface area (TPSA) is 106 Å². The molecular formula is C21H27N9O. The van der Waals surface area contributed by atoms with Crippen LogP contribution in [0.15, 0.2) is 24.4 Å². The molecule has 2 aliphatic heterocycles. The van der Waals surface area contributed by atoms with Crippen LogP contribution in [0.3, 0.4) is 0 Å². The van der Waals surface area contributed by atoms with Crippen LogP contribution in [-0.2, 0) is 4.79 Å². The molecule has 10 heteroatoms. The van der Waals surface area contributed by atoms with E-state index < -0.39 is 0 Å². The first-order valence-corrected chi connectivity index (χ1v) is 11.2. The van der Waals surface area contributed by atoms with Gasteiger partial charge in [0.15, 0.2) is 5.82 Å². The highest BCUT2D eigenvalue weighted by Crippen LogP contribution is 2.39. The quantitative estimate of drug-likeness (QED) is 0.573. The number of fused-ring (bicyclic) bond motifs is 1. The van der Waals surface area contributed by atoms with Crippen LogP contribution in [0.4, 0.5) is 17.7 Å². The molecule has 1 atom stereocenters. The normalized spacial score (nSPS) is 21.7. The third-order valence-electron chi connectivity index (χ3n) is 6.45. The molecule has 3 aliphatic rings. The molecule has 2 saturated heterocycles. The van der Waals surface area contributed by atoms with E-state index in [4.69, 9.17) is 9.97 Å². The van der Waals surface area contributed by atoms with Gasteiger partial charge in [-0.05, 0) is 37.8 Å². The first-order chi connectivity index (χ1) is 15.3. The average molecular weight is 422 g/mol. The summed E-state index contributed by atoms with van der Waals surface area (Å²) < 4.78 is 1.91. The van der Waals surface area contributed by atoms with Crippen molar-refractivity contribution >= 4 is 29.3 Å². The molecule has 3 aromatic heterocycles. The first-order valence-electron chi connectivity index (χ1n) is 11.2. The predicted octanol–water partition coefficient (Wildman–Crippen LogP) is 1.47. The molecule has 0 unspecified atom stereocenters. The van der Waals surface area contributed by atoms with Crippen molar-refractivity contribution in [3.05, 3.63) is 30.1 Å². The van der Waals surface area contributed by atoms with E-state index in [1.54, 1.807) is 0 Å². The van der Waals surface area contributed by atoms with Gasteiger partial charge in [-0.3, -0.25) is 14.3 Å². The fraction of sp³-hybridized carbons (Fsp3) is 0.524. The molecule has 1 aliphatic carbocycles. The predicted molar refractivity (Wildman–Crippen MR) is 117 cm³/mol. The minimum absolute atomic E-state index is 0.189. The Morgan fingerprint density at radius 1 is 1.13 bits per heavy atom. The fourth-order valence-electron chi connectivity index (χ4n) is 4.61. The highest BCUT2D eigenvalue weighted by molar-refractivity contribution is 5.85. The molecule has 0 bridgehead atoms. The van der Waals surface area contributed by atoms with Crippen LogP contribution < -0.4 is 15.5 Å². The number of anilines is 3. The zero-order chi connectivity index (χ0) is 20.8. The van der Waals surface area contributed by atoms with Crippen LogP contribution >= 0.6 is 0 Å². The van der Waals surface area contributed by atoms with Gasteiger partial charge in [-0.25, -0.2) is 0 Å². The number of H-pyrrole nitrogens is 1. The molecule has 3 aromatic rings. The molecule has 1 saturated carbocycles. The summed E-state index contributed by atoms with van der Waals surface area (Å²) in [6.07, 6.45) is 6.18. The maximum absolute atomic E-state index is 13.2. The number of aromatic amines is 1. The number of hydrogen-bond donors (Lipinski definition) is 3. The number of piperazine rings is 1. The number of carbonyl (C=O) groups is 1. The number of nitrogens with one attached hydrogen (secondary N) is 3. The third-order valence-corrected chi connectivity index (χ3v) is 6.45. The lowest BCUT2D eigenvalue weighted by atomic mass is 10.2. The average Bonchev–Trinajstić information content (AvgIpc) is 3.20. The van der Waals surface area contributed by atoms with Gasteiger partial charge < -0.3 is 20.4 Å². The lowest BCUT2D eigenvalue weighted by molar-refractivity contribution is -0.133. The molecule has 3 N–H and O–H groups in total. The van der Waals surface area contributed by atoms with E-state index in [1.807, 2.05) is 27.6 Å². The SMILES string of the molecule is O=C([C@@H]1CCCN1c1nc(Nc2cc(C3CC3)[nH]n2)n2cccc2n1)N1CCNCC1. The summed E-state index contributed by atoms with van der Waals surface area (Å²) in [5.74, 6) is 2.79. The van der Waals surface area contributed by atoms with Crippen molar-refractivity contribution in [1.29, 1.82) is 0 Å². The van der Waals surface area contributed by atoms with Gasteiger partial charge in [-0.15, -0.1) is 0 Å². The highest BCUT2D eigenvalue weighted by atomic mass is 16.2.